The Bertz CT molecular complexity index is 864. The molecule has 0 N–H and O–H groups in total. The molecule has 0 unspecified atom stereocenters. The molecule has 3 rings (SSSR count). The first-order chi connectivity index (χ1) is 11.8. The predicted octanol–water partition coefficient (Wildman–Crippen LogP) is 4.91. The van der Waals surface area contributed by atoms with Gasteiger partial charge in [-0.25, -0.2) is 0 Å². The van der Waals surface area contributed by atoms with Crippen LogP contribution in [0.5, 0.6) is 5.75 Å². The van der Waals surface area contributed by atoms with Crippen molar-refractivity contribution in [2.24, 2.45) is 4.99 Å². The van der Waals surface area contributed by atoms with Crippen molar-refractivity contribution in [3.8, 4) is 5.75 Å². The SMILES string of the molecule is COc1ccccc1/C=C/c1onc(C)c1N=Cc1ccccc1. The van der Waals surface area contributed by atoms with E-state index in [1.807, 2.05) is 73.7 Å². The third-order valence-corrected chi connectivity index (χ3v) is 3.55. The van der Waals surface area contributed by atoms with Gasteiger partial charge in [0.1, 0.15) is 17.1 Å². The topological polar surface area (TPSA) is 47.6 Å². The summed E-state index contributed by atoms with van der Waals surface area (Å²) in [5.41, 5.74) is 3.47. The van der Waals surface area contributed by atoms with Gasteiger partial charge in [0, 0.05) is 11.8 Å². The summed E-state index contributed by atoms with van der Waals surface area (Å²) in [5.74, 6) is 1.42. The number of rotatable bonds is 5. The van der Waals surface area contributed by atoms with Gasteiger partial charge >= 0.3 is 0 Å². The lowest BCUT2D eigenvalue weighted by Gasteiger charge is -2.02. The number of nitrogens with zero attached hydrogens (tertiary/aromatic N) is 2. The first kappa shape index (κ1) is 15.7. The van der Waals surface area contributed by atoms with Gasteiger partial charge in [0.25, 0.3) is 0 Å². The molecule has 0 aliphatic rings. The largest absolute Gasteiger partial charge is 0.496 e. The fraction of sp³-hybridized carbons (Fsp3) is 0.100. The highest BCUT2D eigenvalue weighted by Crippen LogP contribution is 2.27. The molecule has 1 heterocycles. The molecule has 1 aromatic heterocycles. The van der Waals surface area contributed by atoms with Gasteiger partial charge in [-0.3, -0.25) is 4.99 Å². The van der Waals surface area contributed by atoms with Crippen LogP contribution in [0.15, 0.2) is 64.1 Å². The van der Waals surface area contributed by atoms with E-state index in [0.717, 1.165) is 28.3 Å². The van der Waals surface area contributed by atoms with E-state index >= 15 is 0 Å². The molecule has 3 aromatic rings. The number of hydrogen-bond donors (Lipinski definition) is 0. The van der Waals surface area contributed by atoms with Gasteiger partial charge in [-0.15, -0.1) is 0 Å². The highest BCUT2D eigenvalue weighted by molar-refractivity contribution is 5.84. The molecule has 0 saturated carbocycles. The average Bonchev–Trinajstić information content (AvgIpc) is 2.99. The van der Waals surface area contributed by atoms with E-state index in [1.165, 1.54) is 0 Å². The molecule has 2 aromatic carbocycles. The summed E-state index contributed by atoms with van der Waals surface area (Å²) in [4.78, 5) is 4.53. The second-order valence-corrected chi connectivity index (χ2v) is 5.23. The van der Waals surface area contributed by atoms with E-state index in [-0.39, 0.29) is 0 Å². The third kappa shape index (κ3) is 3.60. The molecule has 4 nitrogen and oxygen atoms in total. The van der Waals surface area contributed by atoms with Gasteiger partial charge in [0.05, 0.1) is 7.11 Å². The fourth-order valence-electron chi connectivity index (χ4n) is 2.30. The Morgan fingerprint density at radius 1 is 1.00 bits per heavy atom. The Kier molecular flexibility index (Phi) is 4.87. The van der Waals surface area contributed by atoms with Crippen LogP contribution in [0.1, 0.15) is 22.6 Å². The molecule has 0 radical (unpaired) electrons. The maximum absolute atomic E-state index is 5.39. The zero-order valence-electron chi connectivity index (χ0n) is 13.6. The zero-order valence-corrected chi connectivity index (χ0v) is 13.6. The van der Waals surface area contributed by atoms with Crippen molar-refractivity contribution in [2.75, 3.05) is 7.11 Å². The number of methoxy groups -OCH3 is 1. The number of ether oxygens (including phenoxy) is 1. The number of aromatic nitrogens is 1. The molecule has 0 fully saturated rings. The number of para-hydroxylation sites is 1. The van der Waals surface area contributed by atoms with Gasteiger partial charge in [0.15, 0.2) is 5.76 Å². The molecule has 0 amide bonds. The van der Waals surface area contributed by atoms with Crippen LogP contribution in [0.3, 0.4) is 0 Å². The second-order valence-electron chi connectivity index (χ2n) is 5.23. The van der Waals surface area contributed by atoms with Crippen LogP contribution in [0.4, 0.5) is 5.69 Å². The first-order valence-corrected chi connectivity index (χ1v) is 7.64. The van der Waals surface area contributed by atoms with Crippen LogP contribution in [0, 0.1) is 6.92 Å². The van der Waals surface area contributed by atoms with Crippen molar-refractivity contribution in [1.82, 2.24) is 5.16 Å². The summed E-state index contributed by atoms with van der Waals surface area (Å²) in [6, 6.07) is 17.7. The minimum Gasteiger partial charge on any atom is -0.496 e. The summed E-state index contributed by atoms with van der Waals surface area (Å²) >= 11 is 0. The maximum Gasteiger partial charge on any atom is 0.185 e. The van der Waals surface area contributed by atoms with Crippen LogP contribution in [0.2, 0.25) is 0 Å². The highest BCUT2D eigenvalue weighted by Gasteiger charge is 2.09. The third-order valence-electron chi connectivity index (χ3n) is 3.55. The number of hydrogen-bond acceptors (Lipinski definition) is 4. The highest BCUT2D eigenvalue weighted by atomic mass is 16.5. The predicted molar refractivity (Wildman–Crippen MR) is 96.9 cm³/mol. The van der Waals surface area contributed by atoms with Crippen LogP contribution >= 0.6 is 0 Å². The fourth-order valence-corrected chi connectivity index (χ4v) is 2.30. The van der Waals surface area contributed by atoms with Crippen molar-refractivity contribution >= 4 is 24.1 Å². The van der Waals surface area contributed by atoms with E-state index < -0.39 is 0 Å². The molecule has 0 saturated heterocycles. The Labute approximate surface area is 141 Å². The molecule has 0 spiro atoms. The molecule has 0 aliphatic carbocycles. The molecular weight excluding hydrogens is 300 g/mol. The van der Waals surface area contributed by atoms with Crippen molar-refractivity contribution in [2.45, 2.75) is 6.92 Å². The summed E-state index contributed by atoms with van der Waals surface area (Å²) in [6.45, 7) is 1.88. The first-order valence-electron chi connectivity index (χ1n) is 7.64. The van der Waals surface area contributed by atoms with E-state index in [1.54, 1.807) is 13.3 Å². The molecule has 4 heteroatoms. The Morgan fingerprint density at radius 3 is 2.54 bits per heavy atom. The van der Waals surface area contributed by atoms with Crippen molar-refractivity contribution < 1.29 is 9.26 Å². The zero-order chi connectivity index (χ0) is 16.8. The maximum atomic E-state index is 5.39. The van der Waals surface area contributed by atoms with E-state index in [0.29, 0.717) is 5.76 Å². The molecule has 0 bridgehead atoms. The molecular formula is C20H18N2O2. The number of benzene rings is 2. The standard InChI is InChI=1S/C20H18N2O2/c1-15-20(21-14-16-8-4-3-5-9-16)19(24-22-15)13-12-17-10-6-7-11-18(17)23-2/h3-14H,1-2H3/b13-12+,21-14?. The average molecular weight is 318 g/mol. The van der Waals surface area contributed by atoms with Gasteiger partial charge in [-0.05, 0) is 30.7 Å². The summed E-state index contributed by atoms with van der Waals surface area (Å²) in [5, 5.41) is 4.01. The molecule has 0 atom stereocenters. The van der Waals surface area contributed by atoms with Crippen molar-refractivity contribution in [3.63, 3.8) is 0 Å². The lowest BCUT2D eigenvalue weighted by Crippen LogP contribution is -1.85. The van der Waals surface area contributed by atoms with Crippen LogP contribution < -0.4 is 4.74 Å². The van der Waals surface area contributed by atoms with Gasteiger partial charge < -0.3 is 9.26 Å². The van der Waals surface area contributed by atoms with Crippen LogP contribution in [0.25, 0.3) is 12.2 Å². The van der Waals surface area contributed by atoms with Gasteiger partial charge in [-0.1, -0.05) is 53.7 Å². The van der Waals surface area contributed by atoms with Gasteiger partial charge in [0.2, 0.25) is 0 Å². The molecule has 0 aliphatic heterocycles. The van der Waals surface area contributed by atoms with Crippen molar-refractivity contribution in [3.05, 3.63) is 77.2 Å². The number of aryl methyl sites for hydroxylation is 1. The quantitative estimate of drug-likeness (QED) is 0.628. The van der Waals surface area contributed by atoms with E-state index in [9.17, 15) is 0 Å². The minimum absolute atomic E-state index is 0.616. The summed E-state index contributed by atoms with van der Waals surface area (Å²) in [7, 11) is 1.65. The normalized spacial score (nSPS) is 11.4. The Hall–Kier alpha value is -3.14. The summed E-state index contributed by atoms with van der Waals surface area (Å²) in [6.07, 6.45) is 5.59. The van der Waals surface area contributed by atoms with E-state index in [2.05, 4.69) is 10.1 Å². The number of aliphatic imine (C=N–C) groups is 1. The Balaban J connectivity index is 1.87. The van der Waals surface area contributed by atoms with Gasteiger partial charge in [-0.2, -0.15) is 0 Å². The van der Waals surface area contributed by atoms with Crippen LogP contribution in [-0.4, -0.2) is 18.5 Å². The Morgan fingerprint density at radius 2 is 1.75 bits per heavy atom. The van der Waals surface area contributed by atoms with E-state index in [4.69, 9.17) is 9.26 Å². The summed E-state index contributed by atoms with van der Waals surface area (Å²) < 4.78 is 10.7. The molecule has 120 valence electrons. The molecule has 24 heavy (non-hydrogen) atoms. The lowest BCUT2D eigenvalue weighted by atomic mass is 10.1. The van der Waals surface area contributed by atoms with Crippen LogP contribution in [-0.2, 0) is 0 Å². The monoisotopic (exact) mass is 318 g/mol. The smallest absolute Gasteiger partial charge is 0.185 e. The minimum atomic E-state index is 0.616. The lowest BCUT2D eigenvalue weighted by molar-refractivity contribution is 0.408. The second kappa shape index (κ2) is 7.42. The van der Waals surface area contributed by atoms with Crippen molar-refractivity contribution in [1.29, 1.82) is 0 Å².